The molecule has 1 aliphatic rings. The molecule has 0 radical (unpaired) electrons. The number of carbonyl (C=O) groups is 2. The summed E-state index contributed by atoms with van der Waals surface area (Å²) in [6.45, 7) is 1.80. The van der Waals surface area contributed by atoms with E-state index in [0.29, 0.717) is 11.3 Å². The van der Waals surface area contributed by atoms with Crippen LogP contribution in [0.1, 0.15) is 26.3 Å². The second-order valence-corrected chi connectivity index (χ2v) is 6.02. The average Bonchev–Trinajstić information content (AvgIpc) is 2.65. The number of ether oxygens (including phenoxy) is 2. The number of ketones is 2. The first-order valence-corrected chi connectivity index (χ1v) is 7.89. The first-order chi connectivity index (χ1) is 12.5. The highest BCUT2D eigenvalue weighted by Gasteiger charge is 2.37. The Morgan fingerprint density at radius 3 is 2.27 bits per heavy atom. The quantitative estimate of drug-likeness (QED) is 0.660. The Morgan fingerprint density at radius 1 is 0.885 bits per heavy atom. The van der Waals surface area contributed by atoms with Crippen LogP contribution < -0.4 is 15.1 Å². The normalized spacial score (nSPS) is 12.7. The summed E-state index contributed by atoms with van der Waals surface area (Å²) in [5.74, 6) is -0.805. The van der Waals surface area contributed by atoms with Crippen LogP contribution >= 0.6 is 0 Å². The van der Waals surface area contributed by atoms with E-state index in [1.54, 1.807) is 37.3 Å². The molecular weight excluding hydrogens is 336 g/mol. The summed E-state index contributed by atoms with van der Waals surface area (Å²) in [7, 11) is 2.85. The number of hydrogen-bond donors (Lipinski definition) is 0. The van der Waals surface area contributed by atoms with Crippen molar-refractivity contribution >= 4 is 22.3 Å². The van der Waals surface area contributed by atoms with E-state index in [0.717, 1.165) is 5.56 Å². The Bertz CT molecular complexity index is 1170. The lowest BCUT2D eigenvalue weighted by Gasteiger charge is -2.20. The summed E-state index contributed by atoms with van der Waals surface area (Å²) in [5.41, 5.74) is 0.670. The molecule has 26 heavy (non-hydrogen) atoms. The van der Waals surface area contributed by atoms with E-state index < -0.39 is 17.2 Å². The Hall–Kier alpha value is -3.41. The zero-order valence-corrected chi connectivity index (χ0v) is 14.3. The number of fused-ring (bicyclic) bond motifs is 5. The van der Waals surface area contributed by atoms with E-state index in [9.17, 15) is 14.4 Å². The zero-order chi connectivity index (χ0) is 18.6. The molecule has 6 nitrogen and oxygen atoms in total. The minimum Gasteiger partial charge on any atom is -0.496 e. The van der Waals surface area contributed by atoms with Crippen molar-refractivity contribution in [3.63, 3.8) is 0 Å². The average molecular weight is 350 g/mol. The number of methoxy groups -OCH3 is 2. The van der Waals surface area contributed by atoms with Gasteiger partial charge in [0.05, 0.1) is 30.7 Å². The first kappa shape index (κ1) is 16.1. The summed E-state index contributed by atoms with van der Waals surface area (Å²) in [6, 6.07) is 8.19. The maximum absolute atomic E-state index is 12.9. The van der Waals surface area contributed by atoms with E-state index in [4.69, 9.17) is 13.9 Å². The Balaban J connectivity index is 2.24. The van der Waals surface area contributed by atoms with Crippen LogP contribution in [0.15, 0.2) is 39.5 Å². The lowest BCUT2D eigenvalue weighted by atomic mass is 9.85. The van der Waals surface area contributed by atoms with Crippen molar-refractivity contribution in [1.82, 2.24) is 0 Å². The fourth-order valence-corrected chi connectivity index (χ4v) is 3.40. The van der Waals surface area contributed by atoms with Crippen LogP contribution in [0, 0.1) is 6.92 Å². The molecule has 1 heterocycles. The van der Waals surface area contributed by atoms with Crippen LogP contribution in [0.3, 0.4) is 0 Å². The van der Waals surface area contributed by atoms with Gasteiger partial charge in [-0.05, 0) is 30.7 Å². The standard InChI is InChI=1S/C20H14O6/c1-9-7-11-14(13(8-9)25-3)16-18(22)17(21)15-10(19(16)26-20(11)23)5-4-6-12(15)24-2/h4-8H,1-3H3. The van der Waals surface area contributed by atoms with Gasteiger partial charge in [-0.25, -0.2) is 4.79 Å². The molecule has 0 unspecified atom stereocenters. The van der Waals surface area contributed by atoms with Crippen molar-refractivity contribution < 1.29 is 23.5 Å². The van der Waals surface area contributed by atoms with Crippen LogP contribution in [-0.4, -0.2) is 25.8 Å². The molecule has 130 valence electrons. The van der Waals surface area contributed by atoms with E-state index >= 15 is 0 Å². The maximum Gasteiger partial charge on any atom is 0.344 e. The summed E-state index contributed by atoms with van der Waals surface area (Å²) in [5, 5.41) is 0.490. The molecule has 6 heteroatoms. The molecule has 0 amide bonds. The topological polar surface area (TPSA) is 82.8 Å². The highest BCUT2D eigenvalue weighted by Crippen LogP contribution is 2.42. The van der Waals surface area contributed by atoms with Gasteiger partial charge in [0.25, 0.3) is 0 Å². The molecule has 0 N–H and O–H groups in total. The van der Waals surface area contributed by atoms with E-state index in [1.807, 2.05) is 0 Å². The van der Waals surface area contributed by atoms with Crippen molar-refractivity contribution in [3.05, 3.63) is 57.4 Å². The van der Waals surface area contributed by atoms with E-state index in [-0.39, 0.29) is 33.4 Å². The third-order valence-corrected chi connectivity index (χ3v) is 4.51. The highest BCUT2D eigenvalue weighted by atomic mass is 16.5. The number of aryl methyl sites for hydroxylation is 1. The summed E-state index contributed by atoms with van der Waals surface area (Å²) in [6.07, 6.45) is 0. The van der Waals surface area contributed by atoms with Gasteiger partial charge in [-0.1, -0.05) is 12.1 Å². The number of benzene rings is 2. The van der Waals surface area contributed by atoms with Crippen LogP contribution in [0.2, 0.25) is 0 Å². The SMILES string of the molecule is COc1cccc2c1C(=O)C(=O)c1c-2oc(=O)c2cc(C)cc(OC)c12. The molecule has 0 fully saturated rings. The molecule has 0 atom stereocenters. The molecule has 1 aromatic heterocycles. The van der Waals surface area contributed by atoms with Gasteiger partial charge < -0.3 is 13.9 Å². The van der Waals surface area contributed by atoms with E-state index in [1.165, 1.54) is 14.2 Å². The van der Waals surface area contributed by atoms with Crippen molar-refractivity contribution in [2.45, 2.75) is 6.92 Å². The maximum atomic E-state index is 12.9. The molecule has 4 rings (SSSR count). The fraction of sp³-hybridized carbons (Fsp3) is 0.150. The van der Waals surface area contributed by atoms with Gasteiger partial charge in [-0.2, -0.15) is 0 Å². The van der Waals surface area contributed by atoms with Crippen LogP contribution in [0.25, 0.3) is 22.1 Å². The predicted octanol–water partition coefficient (Wildman–Crippen LogP) is 3.16. The number of hydrogen-bond acceptors (Lipinski definition) is 6. The largest absolute Gasteiger partial charge is 0.496 e. The van der Waals surface area contributed by atoms with E-state index in [2.05, 4.69) is 0 Å². The minimum absolute atomic E-state index is 0.0437. The van der Waals surface area contributed by atoms with Crippen LogP contribution in [-0.2, 0) is 0 Å². The predicted molar refractivity (Wildman–Crippen MR) is 94.4 cm³/mol. The molecule has 2 aromatic carbocycles. The van der Waals surface area contributed by atoms with Crippen LogP contribution in [0.5, 0.6) is 11.5 Å². The van der Waals surface area contributed by atoms with Crippen molar-refractivity contribution in [2.75, 3.05) is 14.2 Å². The highest BCUT2D eigenvalue weighted by molar-refractivity contribution is 6.55. The van der Waals surface area contributed by atoms with Gasteiger partial charge in [-0.3, -0.25) is 9.59 Å². The Kier molecular flexibility index (Phi) is 3.44. The summed E-state index contributed by atoms with van der Waals surface area (Å²) >= 11 is 0. The molecule has 0 spiro atoms. The number of rotatable bonds is 2. The fourth-order valence-electron chi connectivity index (χ4n) is 3.40. The third-order valence-electron chi connectivity index (χ3n) is 4.51. The van der Waals surface area contributed by atoms with Gasteiger partial charge in [-0.15, -0.1) is 0 Å². The molecular formula is C20H14O6. The van der Waals surface area contributed by atoms with Crippen molar-refractivity contribution in [1.29, 1.82) is 0 Å². The molecule has 0 aliphatic heterocycles. The molecule has 1 aliphatic carbocycles. The zero-order valence-electron chi connectivity index (χ0n) is 14.3. The summed E-state index contributed by atoms with van der Waals surface area (Å²) in [4.78, 5) is 38.2. The molecule has 0 saturated heterocycles. The smallest absolute Gasteiger partial charge is 0.344 e. The number of carbonyl (C=O) groups excluding carboxylic acids is 2. The van der Waals surface area contributed by atoms with Gasteiger partial charge >= 0.3 is 5.63 Å². The van der Waals surface area contributed by atoms with Gasteiger partial charge in [0, 0.05) is 10.9 Å². The molecule has 3 aromatic rings. The van der Waals surface area contributed by atoms with Gasteiger partial charge in [0.1, 0.15) is 11.5 Å². The van der Waals surface area contributed by atoms with Gasteiger partial charge in [0.15, 0.2) is 5.76 Å². The van der Waals surface area contributed by atoms with Crippen molar-refractivity contribution in [2.24, 2.45) is 0 Å². The third kappa shape index (κ3) is 2.02. The van der Waals surface area contributed by atoms with Crippen molar-refractivity contribution in [3.8, 4) is 22.8 Å². The Labute approximate surface area is 148 Å². The lowest BCUT2D eigenvalue weighted by molar-refractivity contribution is 0.0812. The second kappa shape index (κ2) is 5.56. The molecule has 0 bridgehead atoms. The first-order valence-electron chi connectivity index (χ1n) is 7.89. The summed E-state index contributed by atoms with van der Waals surface area (Å²) < 4.78 is 16.1. The second-order valence-electron chi connectivity index (χ2n) is 6.02. The van der Waals surface area contributed by atoms with Crippen LogP contribution in [0.4, 0.5) is 0 Å². The lowest BCUT2D eigenvalue weighted by Crippen LogP contribution is -2.24. The monoisotopic (exact) mass is 350 g/mol. The minimum atomic E-state index is -0.757. The molecule has 0 saturated carbocycles. The van der Waals surface area contributed by atoms with Gasteiger partial charge in [0.2, 0.25) is 11.6 Å². The Morgan fingerprint density at radius 2 is 1.58 bits per heavy atom. The number of Topliss-reactive ketones (excluding diaryl/α,β-unsaturated/α-hetero) is 2.